The zero-order valence-electron chi connectivity index (χ0n) is 15.0. The molecule has 3 N–H and O–H groups in total. The SMILES string of the molecule is Cc1ccc(C(C)C)c(OC(C)C(=O)Nc2ccc(C(N)=O)cc2)c1. The van der Waals surface area contributed by atoms with E-state index in [1.54, 1.807) is 31.2 Å². The third-order valence-corrected chi connectivity index (χ3v) is 3.90. The average Bonchev–Trinajstić information content (AvgIpc) is 2.55. The Kier molecular flexibility index (Phi) is 5.80. The molecule has 0 saturated carbocycles. The maximum Gasteiger partial charge on any atom is 0.265 e. The van der Waals surface area contributed by atoms with Gasteiger partial charge in [0.15, 0.2) is 6.10 Å². The number of aryl methyl sites for hydroxylation is 1. The van der Waals surface area contributed by atoms with Crippen LogP contribution in [0.5, 0.6) is 5.75 Å². The molecule has 0 heterocycles. The second-order valence-corrected chi connectivity index (χ2v) is 6.39. The second kappa shape index (κ2) is 7.83. The van der Waals surface area contributed by atoms with Gasteiger partial charge in [-0.05, 0) is 61.2 Å². The van der Waals surface area contributed by atoms with Gasteiger partial charge in [-0.2, -0.15) is 0 Å². The number of nitrogens with one attached hydrogen (secondary N) is 1. The van der Waals surface area contributed by atoms with Crippen molar-refractivity contribution in [2.24, 2.45) is 5.73 Å². The van der Waals surface area contributed by atoms with Crippen LogP contribution in [0.1, 0.15) is 48.2 Å². The first kappa shape index (κ1) is 18.5. The van der Waals surface area contributed by atoms with Crippen LogP contribution in [0.3, 0.4) is 0 Å². The van der Waals surface area contributed by atoms with Gasteiger partial charge in [0.2, 0.25) is 5.91 Å². The molecule has 5 heteroatoms. The lowest BCUT2D eigenvalue weighted by molar-refractivity contribution is -0.122. The molecule has 0 aliphatic carbocycles. The molecule has 2 aromatic rings. The summed E-state index contributed by atoms with van der Waals surface area (Å²) in [5.74, 6) is 0.257. The van der Waals surface area contributed by atoms with E-state index in [0.717, 1.165) is 16.9 Å². The summed E-state index contributed by atoms with van der Waals surface area (Å²) in [7, 11) is 0. The molecular weight excluding hydrogens is 316 g/mol. The highest BCUT2D eigenvalue weighted by Crippen LogP contribution is 2.28. The molecule has 0 radical (unpaired) electrons. The van der Waals surface area contributed by atoms with E-state index in [4.69, 9.17) is 10.5 Å². The standard InChI is InChI=1S/C20H24N2O3/c1-12(2)17-10-5-13(3)11-18(17)25-14(4)20(24)22-16-8-6-15(7-9-16)19(21)23/h5-12,14H,1-4H3,(H2,21,23)(H,22,24). The van der Waals surface area contributed by atoms with Gasteiger partial charge in [-0.1, -0.05) is 26.0 Å². The summed E-state index contributed by atoms with van der Waals surface area (Å²) >= 11 is 0. The molecule has 132 valence electrons. The third kappa shape index (κ3) is 4.83. The van der Waals surface area contributed by atoms with Crippen LogP contribution >= 0.6 is 0 Å². The number of anilines is 1. The predicted octanol–water partition coefficient (Wildman–Crippen LogP) is 3.62. The van der Waals surface area contributed by atoms with E-state index in [-0.39, 0.29) is 5.91 Å². The van der Waals surface area contributed by atoms with Crippen molar-refractivity contribution >= 4 is 17.5 Å². The third-order valence-electron chi connectivity index (χ3n) is 3.90. The molecule has 0 aliphatic rings. The Morgan fingerprint density at radius 2 is 1.68 bits per heavy atom. The molecule has 0 fully saturated rings. The highest BCUT2D eigenvalue weighted by molar-refractivity contribution is 5.96. The number of hydrogen-bond acceptors (Lipinski definition) is 3. The molecule has 0 aliphatic heterocycles. The molecule has 2 amide bonds. The lowest BCUT2D eigenvalue weighted by Crippen LogP contribution is -2.30. The van der Waals surface area contributed by atoms with Gasteiger partial charge in [0.25, 0.3) is 5.91 Å². The lowest BCUT2D eigenvalue weighted by Gasteiger charge is -2.19. The number of carbonyl (C=O) groups excluding carboxylic acids is 2. The van der Waals surface area contributed by atoms with Gasteiger partial charge in [0.1, 0.15) is 5.75 Å². The van der Waals surface area contributed by atoms with E-state index in [2.05, 4.69) is 19.2 Å². The molecule has 0 bridgehead atoms. The fourth-order valence-corrected chi connectivity index (χ4v) is 2.43. The smallest absolute Gasteiger partial charge is 0.265 e. The Morgan fingerprint density at radius 1 is 1.04 bits per heavy atom. The molecule has 0 saturated heterocycles. The fourth-order valence-electron chi connectivity index (χ4n) is 2.43. The minimum absolute atomic E-state index is 0.261. The largest absolute Gasteiger partial charge is 0.481 e. The molecule has 0 spiro atoms. The van der Waals surface area contributed by atoms with Crippen LogP contribution in [0, 0.1) is 6.92 Å². The summed E-state index contributed by atoms with van der Waals surface area (Å²) in [5.41, 5.74) is 8.32. The first-order chi connectivity index (χ1) is 11.8. The van der Waals surface area contributed by atoms with Gasteiger partial charge in [-0.25, -0.2) is 0 Å². The monoisotopic (exact) mass is 340 g/mol. The van der Waals surface area contributed by atoms with Crippen molar-refractivity contribution in [3.63, 3.8) is 0 Å². The van der Waals surface area contributed by atoms with E-state index in [1.807, 2.05) is 25.1 Å². The lowest BCUT2D eigenvalue weighted by atomic mass is 10.0. The molecule has 0 aromatic heterocycles. The zero-order valence-corrected chi connectivity index (χ0v) is 15.0. The summed E-state index contributed by atoms with van der Waals surface area (Å²) < 4.78 is 5.90. The van der Waals surface area contributed by atoms with Crippen LogP contribution in [0.25, 0.3) is 0 Å². The van der Waals surface area contributed by atoms with Crippen molar-refractivity contribution in [3.8, 4) is 5.75 Å². The van der Waals surface area contributed by atoms with Gasteiger partial charge in [0.05, 0.1) is 0 Å². The number of carbonyl (C=O) groups is 2. The molecule has 1 unspecified atom stereocenters. The second-order valence-electron chi connectivity index (χ2n) is 6.39. The number of benzene rings is 2. The van der Waals surface area contributed by atoms with E-state index in [0.29, 0.717) is 17.2 Å². The van der Waals surface area contributed by atoms with Crippen molar-refractivity contribution in [1.29, 1.82) is 0 Å². The van der Waals surface area contributed by atoms with E-state index in [9.17, 15) is 9.59 Å². The molecule has 2 rings (SSSR count). The van der Waals surface area contributed by atoms with Gasteiger partial charge >= 0.3 is 0 Å². The van der Waals surface area contributed by atoms with Gasteiger partial charge in [-0.3, -0.25) is 9.59 Å². The topological polar surface area (TPSA) is 81.4 Å². The summed E-state index contributed by atoms with van der Waals surface area (Å²) in [6.45, 7) is 7.87. The van der Waals surface area contributed by atoms with Gasteiger partial charge in [-0.15, -0.1) is 0 Å². The van der Waals surface area contributed by atoms with Gasteiger partial charge in [0, 0.05) is 11.3 Å². The Labute approximate surface area is 148 Å². The van der Waals surface area contributed by atoms with Crippen LogP contribution in [-0.2, 0) is 4.79 Å². The molecule has 1 atom stereocenters. The van der Waals surface area contributed by atoms with E-state index >= 15 is 0 Å². The highest BCUT2D eigenvalue weighted by Gasteiger charge is 2.18. The first-order valence-corrected chi connectivity index (χ1v) is 8.26. The maximum atomic E-state index is 12.4. The van der Waals surface area contributed by atoms with Crippen LogP contribution < -0.4 is 15.8 Å². The van der Waals surface area contributed by atoms with E-state index < -0.39 is 12.0 Å². The van der Waals surface area contributed by atoms with Crippen LogP contribution in [0.4, 0.5) is 5.69 Å². The van der Waals surface area contributed by atoms with Crippen LogP contribution in [-0.4, -0.2) is 17.9 Å². The van der Waals surface area contributed by atoms with Gasteiger partial charge < -0.3 is 15.8 Å². The minimum Gasteiger partial charge on any atom is -0.481 e. The fraction of sp³-hybridized carbons (Fsp3) is 0.300. The van der Waals surface area contributed by atoms with Crippen molar-refractivity contribution in [3.05, 3.63) is 59.2 Å². The van der Waals surface area contributed by atoms with Crippen LogP contribution in [0.2, 0.25) is 0 Å². The quantitative estimate of drug-likeness (QED) is 0.842. The average molecular weight is 340 g/mol. The van der Waals surface area contributed by atoms with Crippen molar-refractivity contribution in [2.45, 2.75) is 39.7 Å². The minimum atomic E-state index is -0.657. The number of hydrogen-bond donors (Lipinski definition) is 2. The molecule has 2 aromatic carbocycles. The predicted molar refractivity (Wildman–Crippen MR) is 98.9 cm³/mol. The van der Waals surface area contributed by atoms with Crippen molar-refractivity contribution in [2.75, 3.05) is 5.32 Å². The normalized spacial score (nSPS) is 11.9. The summed E-state index contributed by atoms with van der Waals surface area (Å²) in [6.07, 6.45) is -0.657. The molecule has 25 heavy (non-hydrogen) atoms. The Morgan fingerprint density at radius 3 is 2.24 bits per heavy atom. The summed E-state index contributed by atoms with van der Waals surface area (Å²) in [6, 6.07) is 12.4. The first-order valence-electron chi connectivity index (χ1n) is 8.26. The Bertz CT molecular complexity index is 767. The number of amides is 2. The zero-order chi connectivity index (χ0) is 18.6. The summed E-state index contributed by atoms with van der Waals surface area (Å²) in [4.78, 5) is 23.4. The number of rotatable bonds is 6. The number of ether oxygens (including phenoxy) is 1. The number of nitrogens with two attached hydrogens (primary N) is 1. The molecule has 5 nitrogen and oxygen atoms in total. The number of primary amides is 1. The van der Waals surface area contributed by atoms with Crippen LogP contribution in [0.15, 0.2) is 42.5 Å². The Hall–Kier alpha value is -2.82. The highest BCUT2D eigenvalue weighted by atomic mass is 16.5. The molecular formula is C20H24N2O3. The summed E-state index contributed by atoms with van der Waals surface area (Å²) in [5, 5.41) is 2.78. The maximum absolute atomic E-state index is 12.4. The van der Waals surface area contributed by atoms with E-state index in [1.165, 1.54) is 0 Å². The van der Waals surface area contributed by atoms with Crippen molar-refractivity contribution < 1.29 is 14.3 Å². The Balaban J connectivity index is 2.08. The van der Waals surface area contributed by atoms with Crippen molar-refractivity contribution in [1.82, 2.24) is 0 Å².